The van der Waals surface area contributed by atoms with E-state index in [-0.39, 0.29) is 0 Å². The van der Waals surface area contributed by atoms with Crippen molar-refractivity contribution in [3.63, 3.8) is 0 Å². The molecule has 3 nitrogen and oxygen atoms in total. The van der Waals surface area contributed by atoms with Gasteiger partial charge in [-0.2, -0.15) is 0 Å². The molecular weight excluding hydrogens is 372 g/mol. The maximum Gasteiger partial charge on any atom is 0.302 e. The van der Waals surface area contributed by atoms with Gasteiger partial charge in [0.25, 0.3) is 0 Å². The van der Waals surface area contributed by atoms with Gasteiger partial charge in [-0.3, -0.25) is 0 Å². The van der Waals surface area contributed by atoms with E-state index in [1.165, 1.54) is 21.5 Å². The minimum atomic E-state index is -0.927. The Morgan fingerprint density at radius 2 is 1.07 bits per heavy atom. The first kappa shape index (κ1) is 16.3. The number of ether oxygens (including phenoxy) is 3. The largest absolute Gasteiger partial charge is 0.444 e. The van der Waals surface area contributed by atoms with Crippen molar-refractivity contribution in [2.45, 2.75) is 5.79 Å². The molecule has 4 aromatic rings. The van der Waals surface area contributed by atoms with Gasteiger partial charge in [0.1, 0.15) is 11.5 Å². The summed E-state index contributed by atoms with van der Waals surface area (Å²) in [5, 5.41) is 4.74. The smallest absolute Gasteiger partial charge is 0.302 e. The predicted molar refractivity (Wildman–Crippen MR) is 119 cm³/mol. The van der Waals surface area contributed by atoms with Crippen LogP contribution in [0.1, 0.15) is 11.1 Å². The maximum absolute atomic E-state index is 6.67. The standard InChI is InChI=1S/C27H18O3/c1-3-7-21-17(5-1)9-11-25-23(21)13-19-15-28-16-20-14-24-22-8-4-2-6-18(22)10-12-26(24)30-27(19,20)29-25/h1-14H,15-16H2. The fraction of sp³-hybridized carbons (Fsp3) is 0.111. The van der Waals surface area contributed by atoms with Gasteiger partial charge in [0.05, 0.1) is 13.2 Å². The van der Waals surface area contributed by atoms with Gasteiger partial charge in [-0.25, -0.2) is 0 Å². The highest BCUT2D eigenvalue weighted by Crippen LogP contribution is 2.49. The molecule has 3 heterocycles. The summed E-state index contributed by atoms with van der Waals surface area (Å²) in [6, 6.07) is 25.1. The van der Waals surface area contributed by atoms with Crippen molar-refractivity contribution in [3.05, 3.63) is 95.1 Å². The third-order valence-electron chi connectivity index (χ3n) is 6.37. The highest BCUT2D eigenvalue weighted by molar-refractivity contribution is 5.96. The van der Waals surface area contributed by atoms with E-state index >= 15 is 0 Å². The van der Waals surface area contributed by atoms with E-state index in [1.54, 1.807) is 0 Å². The second kappa shape index (κ2) is 5.74. The molecule has 0 saturated carbocycles. The molecule has 4 aromatic carbocycles. The third-order valence-corrected chi connectivity index (χ3v) is 6.37. The van der Waals surface area contributed by atoms with Crippen LogP contribution in [0.25, 0.3) is 33.7 Å². The van der Waals surface area contributed by atoms with Crippen LogP contribution >= 0.6 is 0 Å². The van der Waals surface area contributed by atoms with Crippen molar-refractivity contribution in [2.75, 3.05) is 13.2 Å². The Labute approximate surface area is 173 Å². The van der Waals surface area contributed by atoms with Crippen molar-refractivity contribution in [2.24, 2.45) is 0 Å². The molecule has 1 fully saturated rings. The van der Waals surface area contributed by atoms with Gasteiger partial charge in [0, 0.05) is 22.3 Å². The zero-order chi connectivity index (χ0) is 19.7. The molecule has 0 N–H and O–H groups in total. The van der Waals surface area contributed by atoms with Crippen LogP contribution in [0.4, 0.5) is 0 Å². The zero-order valence-electron chi connectivity index (χ0n) is 16.2. The highest BCUT2D eigenvalue weighted by atomic mass is 16.7. The van der Waals surface area contributed by atoms with Crippen LogP contribution in [0.15, 0.2) is 83.9 Å². The summed E-state index contributed by atoms with van der Waals surface area (Å²) >= 11 is 0. The molecule has 0 aromatic heterocycles. The third kappa shape index (κ3) is 2.08. The summed E-state index contributed by atoms with van der Waals surface area (Å²) in [7, 11) is 0. The van der Waals surface area contributed by atoms with Gasteiger partial charge in [-0.15, -0.1) is 0 Å². The predicted octanol–water partition coefficient (Wildman–Crippen LogP) is 5.97. The minimum absolute atomic E-state index is 0.489. The summed E-state index contributed by atoms with van der Waals surface area (Å²) < 4.78 is 19.3. The summed E-state index contributed by atoms with van der Waals surface area (Å²) in [6.07, 6.45) is 4.39. The molecule has 0 radical (unpaired) electrons. The Bertz CT molecular complexity index is 1320. The van der Waals surface area contributed by atoms with Crippen molar-refractivity contribution in [1.82, 2.24) is 0 Å². The van der Waals surface area contributed by atoms with E-state index in [0.29, 0.717) is 13.2 Å². The van der Waals surface area contributed by atoms with E-state index in [2.05, 4.69) is 72.8 Å². The Balaban J connectivity index is 1.46. The average Bonchev–Trinajstić information content (AvgIpc) is 2.80. The topological polar surface area (TPSA) is 27.7 Å². The van der Waals surface area contributed by atoms with Gasteiger partial charge < -0.3 is 14.2 Å². The summed E-state index contributed by atoms with van der Waals surface area (Å²) in [5.41, 5.74) is 4.18. The fourth-order valence-corrected chi connectivity index (χ4v) is 4.91. The molecule has 1 saturated heterocycles. The molecule has 0 atom stereocenters. The van der Waals surface area contributed by atoms with Crippen LogP contribution in [0, 0.1) is 0 Å². The first-order valence-electron chi connectivity index (χ1n) is 10.2. The van der Waals surface area contributed by atoms with E-state index in [4.69, 9.17) is 14.2 Å². The van der Waals surface area contributed by atoms with Crippen molar-refractivity contribution in [1.29, 1.82) is 0 Å². The molecule has 3 aliphatic rings. The molecular formula is C27H18O3. The molecule has 1 spiro atoms. The van der Waals surface area contributed by atoms with Crippen molar-refractivity contribution >= 4 is 33.7 Å². The first-order valence-corrected chi connectivity index (χ1v) is 10.2. The molecule has 30 heavy (non-hydrogen) atoms. The normalized spacial score (nSPS) is 18.1. The number of benzene rings is 4. The van der Waals surface area contributed by atoms with E-state index in [0.717, 1.165) is 33.8 Å². The lowest BCUT2D eigenvalue weighted by Gasteiger charge is -2.45. The maximum atomic E-state index is 6.67. The molecule has 144 valence electrons. The number of hydrogen-bond acceptors (Lipinski definition) is 3. The molecule has 3 aliphatic heterocycles. The lowest BCUT2D eigenvalue weighted by Crippen LogP contribution is -2.53. The van der Waals surface area contributed by atoms with E-state index < -0.39 is 5.79 Å². The van der Waals surface area contributed by atoms with E-state index in [1.807, 2.05) is 12.1 Å². The van der Waals surface area contributed by atoms with Crippen LogP contribution in [0.2, 0.25) is 0 Å². The lowest BCUT2D eigenvalue weighted by molar-refractivity contribution is -0.0858. The summed E-state index contributed by atoms with van der Waals surface area (Å²) in [6.45, 7) is 0.978. The monoisotopic (exact) mass is 390 g/mol. The number of hydrogen-bond donors (Lipinski definition) is 0. The average molecular weight is 390 g/mol. The van der Waals surface area contributed by atoms with Gasteiger partial charge in [0.15, 0.2) is 0 Å². The highest BCUT2D eigenvalue weighted by Gasteiger charge is 2.50. The van der Waals surface area contributed by atoms with Crippen LogP contribution in [-0.4, -0.2) is 19.0 Å². The second-order valence-corrected chi connectivity index (χ2v) is 8.05. The molecule has 0 unspecified atom stereocenters. The minimum Gasteiger partial charge on any atom is -0.444 e. The summed E-state index contributed by atoms with van der Waals surface area (Å²) in [5.74, 6) is 0.757. The van der Waals surface area contributed by atoms with Gasteiger partial charge >= 0.3 is 5.79 Å². The van der Waals surface area contributed by atoms with Crippen LogP contribution in [-0.2, 0) is 4.74 Å². The molecule has 3 heteroatoms. The van der Waals surface area contributed by atoms with Gasteiger partial charge in [0.2, 0.25) is 0 Å². The van der Waals surface area contributed by atoms with Crippen molar-refractivity contribution < 1.29 is 14.2 Å². The Hall–Kier alpha value is -3.56. The number of fused-ring (bicyclic) bond motifs is 6. The molecule has 0 bridgehead atoms. The fourth-order valence-electron chi connectivity index (χ4n) is 4.91. The molecule has 0 amide bonds. The SMILES string of the molecule is C1=C2COCC3=Cc4c(ccc5ccccc45)OC23Oc2ccc3ccccc3c21. The Morgan fingerprint density at radius 1 is 0.567 bits per heavy atom. The van der Waals surface area contributed by atoms with Crippen molar-refractivity contribution in [3.8, 4) is 11.5 Å². The van der Waals surface area contributed by atoms with Crippen LogP contribution in [0.3, 0.4) is 0 Å². The lowest BCUT2D eigenvalue weighted by atomic mass is 9.86. The number of rotatable bonds is 0. The summed E-state index contributed by atoms with van der Waals surface area (Å²) in [4.78, 5) is 0. The quantitative estimate of drug-likeness (QED) is 0.370. The Kier molecular flexibility index (Phi) is 3.11. The molecule has 7 rings (SSSR count). The van der Waals surface area contributed by atoms with E-state index in [9.17, 15) is 0 Å². The second-order valence-electron chi connectivity index (χ2n) is 8.05. The van der Waals surface area contributed by atoms with Crippen LogP contribution in [0.5, 0.6) is 11.5 Å². The van der Waals surface area contributed by atoms with Crippen LogP contribution < -0.4 is 9.47 Å². The van der Waals surface area contributed by atoms with Gasteiger partial charge in [-0.1, -0.05) is 60.7 Å². The first-order chi connectivity index (χ1) is 14.8. The Morgan fingerprint density at radius 3 is 1.60 bits per heavy atom. The zero-order valence-corrected chi connectivity index (χ0v) is 16.2. The molecule has 0 aliphatic carbocycles. The van der Waals surface area contributed by atoms with Gasteiger partial charge in [-0.05, 0) is 45.8 Å².